The van der Waals surface area contributed by atoms with E-state index in [4.69, 9.17) is 4.74 Å². The Morgan fingerprint density at radius 3 is 2.85 bits per heavy atom. The number of nitrogens with zero attached hydrogens (tertiary/aromatic N) is 2. The maximum atomic E-state index is 12.8. The lowest BCUT2D eigenvalue weighted by Gasteiger charge is -2.18. The number of hydrogen-bond acceptors (Lipinski definition) is 4. The first-order chi connectivity index (χ1) is 12.9. The second-order valence-corrected chi connectivity index (χ2v) is 7.40. The van der Waals surface area contributed by atoms with Crippen LogP contribution >= 0.6 is 11.8 Å². The predicted molar refractivity (Wildman–Crippen MR) is 97.0 cm³/mol. The minimum atomic E-state index is -4.45. The van der Waals surface area contributed by atoms with Crippen molar-refractivity contribution in [2.24, 2.45) is 0 Å². The molecular formula is C19H19F3N2O2S. The van der Waals surface area contributed by atoms with Crippen LogP contribution in [-0.2, 0) is 6.18 Å². The van der Waals surface area contributed by atoms with Crippen LogP contribution in [0, 0.1) is 0 Å². The molecule has 0 saturated carbocycles. The molecule has 0 N–H and O–H groups in total. The molecule has 1 saturated heterocycles. The molecule has 1 aliphatic heterocycles. The smallest absolute Gasteiger partial charge is 0.416 e. The van der Waals surface area contributed by atoms with Gasteiger partial charge in [0, 0.05) is 30.1 Å². The lowest BCUT2D eigenvalue weighted by Crippen LogP contribution is -2.31. The molecule has 1 fully saturated rings. The second-order valence-electron chi connectivity index (χ2n) is 6.09. The molecule has 3 rings (SSSR count). The van der Waals surface area contributed by atoms with E-state index < -0.39 is 11.7 Å². The first-order valence-electron chi connectivity index (χ1n) is 8.59. The van der Waals surface area contributed by atoms with Gasteiger partial charge in [0.15, 0.2) is 0 Å². The van der Waals surface area contributed by atoms with Gasteiger partial charge in [-0.15, -0.1) is 11.8 Å². The molecule has 4 nitrogen and oxygen atoms in total. The molecule has 1 aromatic heterocycles. The molecule has 1 atom stereocenters. The van der Waals surface area contributed by atoms with Crippen molar-refractivity contribution in [1.29, 1.82) is 0 Å². The number of halogens is 3. The van der Waals surface area contributed by atoms with Crippen LogP contribution in [0.4, 0.5) is 13.2 Å². The summed E-state index contributed by atoms with van der Waals surface area (Å²) >= 11 is 1.60. The van der Waals surface area contributed by atoms with Gasteiger partial charge in [-0.05, 0) is 24.0 Å². The predicted octanol–water partition coefficient (Wildman–Crippen LogP) is 4.51. The molecule has 1 amide bonds. The van der Waals surface area contributed by atoms with Crippen molar-refractivity contribution in [3.63, 3.8) is 0 Å². The van der Waals surface area contributed by atoms with Crippen LogP contribution in [0.3, 0.4) is 0 Å². The zero-order valence-electron chi connectivity index (χ0n) is 14.7. The van der Waals surface area contributed by atoms with Gasteiger partial charge in [-0.3, -0.25) is 4.79 Å². The molecule has 144 valence electrons. The highest BCUT2D eigenvalue weighted by molar-refractivity contribution is 7.99. The Labute approximate surface area is 159 Å². The number of benzene rings is 1. The van der Waals surface area contributed by atoms with Crippen LogP contribution < -0.4 is 4.74 Å². The number of pyridine rings is 1. The van der Waals surface area contributed by atoms with Crippen molar-refractivity contribution >= 4 is 17.7 Å². The third-order valence-corrected chi connectivity index (χ3v) is 5.15. The van der Waals surface area contributed by atoms with Gasteiger partial charge in [0.05, 0.1) is 17.7 Å². The summed E-state index contributed by atoms with van der Waals surface area (Å²) in [7, 11) is 0. The van der Waals surface area contributed by atoms with Crippen LogP contribution in [-0.4, -0.2) is 40.7 Å². The van der Waals surface area contributed by atoms with E-state index in [0.29, 0.717) is 25.1 Å². The SMILES string of the molecule is CCSc1ccccc1C(=O)N1CC[C@H](Oc2cc(C(F)(F)F)ccn2)C1. The number of carbonyl (C=O) groups is 1. The van der Waals surface area contributed by atoms with Crippen molar-refractivity contribution in [1.82, 2.24) is 9.88 Å². The average molecular weight is 396 g/mol. The van der Waals surface area contributed by atoms with E-state index in [-0.39, 0.29) is 17.9 Å². The Hall–Kier alpha value is -2.22. The zero-order valence-corrected chi connectivity index (χ0v) is 15.5. The highest BCUT2D eigenvalue weighted by atomic mass is 32.2. The third-order valence-electron chi connectivity index (χ3n) is 4.20. The van der Waals surface area contributed by atoms with Gasteiger partial charge in [0.1, 0.15) is 6.10 Å². The van der Waals surface area contributed by atoms with Crippen LogP contribution in [0.1, 0.15) is 29.3 Å². The molecule has 0 spiro atoms. The summed E-state index contributed by atoms with van der Waals surface area (Å²) in [5.74, 6) is 0.692. The van der Waals surface area contributed by atoms with E-state index in [9.17, 15) is 18.0 Å². The second kappa shape index (κ2) is 8.21. The molecule has 0 unspecified atom stereocenters. The summed E-state index contributed by atoms with van der Waals surface area (Å²) in [4.78, 5) is 19.3. The highest BCUT2D eigenvalue weighted by Gasteiger charge is 2.32. The largest absolute Gasteiger partial charge is 0.472 e. The van der Waals surface area contributed by atoms with Crippen molar-refractivity contribution in [2.75, 3.05) is 18.8 Å². The van der Waals surface area contributed by atoms with Gasteiger partial charge in [-0.1, -0.05) is 19.1 Å². The topological polar surface area (TPSA) is 42.4 Å². The van der Waals surface area contributed by atoms with Gasteiger partial charge < -0.3 is 9.64 Å². The van der Waals surface area contributed by atoms with Crippen LogP contribution in [0.25, 0.3) is 0 Å². The number of hydrogen-bond donors (Lipinski definition) is 0. The number of carbonyl (C=O) groups excluding carboxylic acids is 1. The fraction of sp³-hybridized carbons (Fsp3) is 0.368. The third kappa shape index (κ3) is 4.74. The van der Waals surface area contributed by atoms with Crippen molar-refractivity contribution in [2.45, 2.75) is 30.5 Å². The van der Waals surface area contributed by atoms with Gasteiger partial charge in [-0.2, -0.15) is 13.2 Å². The van der Waals surface area contributed by atoms with Gasteiger partial charge in [0.2, 0.25) is 5.88 Å². The molecule has 1 aromatic carbocycles. The highest BCUT2D eigenvalue weighted by Crippen LogP contribution is 2.31. The van der Waals surface area contributed by atoms with Crippen LogP contribution in [0.2, 0.25) is 0 Å². The molecule has 8 heteroatoms. The minimum absolute atomic E-state index is 0.0777. The summed E-state index contributed by atoms with van der Waals surface area (Å²) in [5.41, 5.74) is -0.161. The fourth-order valence-corrected chi connectivity index (χ4v) is 3.72. The zero-order chi connectivity index (χ0) is 19.4. The van der Waals surface area contributed by atoms with Crippen molar-refractivity contribution in [3.05, 3.63) is 53.7 Å². The molecule has 0 bridgehead atoms. The van der Waals surface area contributed by atoms with E-state index in [0.717, 1.165) is 29.0 Å². The quantitative estimate of drug-likeness (QED) is 0.698. The van der Waals surface area contributed by atoms with E-state index >= 15 is 0 Å². The van der Waals surface area contributed by atoms with Crippen molar-refractivity contribution < 1.29 is 22.7 Å². The van der Waals surface area contributed by atoms with E-state index in [1.807, 2.05) is 25.1 Å². The number of rotatable bonds is 5. The normalized spacial score (nSPS) is 17.2. The van der Waals surface area contributed by atoms with Gasteiger partial charge >= 0.3 is 6.18 Å². The first-order valence-corrected chi connectivity index (χ1v) is 9.58. The Morgan fingerprint density at radius 2 is 2.11 bits per heavy atom. The number of likely N-dealkylation sites (tertiary alicyclic amines) is 1. The summed E-state index contributed by atoms with van der Waals surface area (Å²) in [6.07, 6.45) is -3.20. The number of thioether (sulfide) groups is 1. The fourth-order valence-electron chi connectivity index (χ4n) is 2.92. The molecular weight excluding hydrogens is 377 g/mol. The van der Waals surface area contributed by atoms with Crippen LogP contribution in [0.5, 0.6) is 5.88 Å². The summed E-state index contributed by atoms with van der Waals surface area (Å²) in [6, 6.07) is 9.21. The standard InChI is InChI=1S/C19H19F3N2O2S/c1-2-27-16-6-4-3-5-15(16)18(25)24-10-8-14(12-24)26-17-11-13(7-9-23-17)19(20,21)22/h3-7,9,11,14H,2,8,10,12H2,1H3/t14-/m0/s1. The number of ether oxygens (including phenoxy) is 1. The molecule has 27 heavy (non-hydrogen) atoms. The maximum absolute atomic E-state index is 12.8. The monoisotopic (exact) mass is 396 g/mol. The summed E-state index contributed by atoms with van der Waals surface area (Å²) < 4.78 is 44.0. The lowest BCUT2D eigenvalue weighted by atomic mass is 10.2. The summed E-state index contributed by atoms with van der Waals surface area (Å²) in [6.45, 7) is 2.84. The van der Waals surface area contributed by atoms with E-state index in [1.165, 1.54) is 0 Å². The lowest BCUT2D eigenvalue weighted by molar-refractivity contribution is -0.137. The van der Waals surface area contributed by atoms with Gasteiger partial charge in [0.25, 0.3) is 5.91 Å². The Bertz CT molecular complexity index is 814. The maximum Gasteiger partial charge on any atom is 0.416 e. The summed E-state index contributed by atoms with van der Waals surface area (Å²) in [5, 5.41) is 0. The molecule has 0 radical (unpaired) electrons. The minimum Gasteiger partial charge on any atom is -0.472 e. The molecule has 0 aliphatic carbocycles. The molecule has 2 aromatic rings. The van der Waals surface area contributed by atoms with Crippen LogP contribution in [0.15, 0.2) is 47.5 Å². The Morgan fingerprint density at radius 1 is 1.33 bits per heavy atom. The van der Waals surface area contributed by atoms with Crippen molar-refractivity contribution in [3.8, 4) is 5.88 Å². The molecule has 1 aliphatic rings. The van der Waals surface area contributed by atoms with E-state index in [2.05, 4.69) is 4.98 Å². The van der Waals surface area contributed by atoms with E-state index in [1.54, 1.807) is 22.7 Å². The van der Waals surface area contributed by atoms with Gasteiger partial charge in [-0.25, -0.2) is 4.98 Å². The first kappa shape index (κ1) is 19.5. The average Bonchev–Trinajstić information content (AvgIpc) is 3.10. The Balaban J connectivity index is 1.66. The Kier molecular flexibility index (Phi) is 5.94. The number of amides is 1. The number of alkyl halides is 3. The molecule has 2 heterocycles. The number of aromatic nitrogens is 1.